The highest BCUT2D eigenvalue weighted by molar-refractivity contribution is 5.72. The van der Waals surface area contributed by atoms with Crippen molar-refractivity contribution in [3.05, 3.63) is 24.5 Å². The number of anilines is 1. The van der Waals surface area contributed by atoms with Gasteiger partial charge in [0.1, 0.15) is 5.60 Å². The van der Waals surface area contributed by atoms with Crippen LogP contribution >= 0.6 is 0 Å². The number of carbonyl (C=O) groups is 2. The van der Waals surface area contributed by atoms with Gasteiger partial charge in [-0.1, -0.05) is 0 Å². The van der Waals surface area contributed by atoms with E-state index in [1.54, 1.807) is 33.2 Å². The van der Waals surface area contributed by atoms with E-state index in [9.17, 15) is 9.59 Å². The van der Waals surface area contributed by atoms with Gasteiger partial charge in [-0.25, -0.2) is 9.59 Å². The number of amides is 2. The van der Waals surface area contributed by atoms with Gasteiger partial charge in [0.15, 0.2) is 0 Å². The zero-order valence-corrected chi connectivity index (χ0v) is 13.6. The fourth-order valence-corrected chi connectivity index (χ4v) is 2.15. The van der Waals surface area contributed by atoms with E-state index in [0.29, 0.717) is 26.2 Å². The Kier molecular flexibility index (Phi) is 5.25. The summed E-state index contributed by atoms with van der Waals surface area (Å²) in [6.07, 6.45) is 2.09. The molecule has 2 rings (SSSR count). The van der Waals surface area contributed by atoms with Gasteiger partial charge < -0.3 is 19.4 Å². The first-order valence-electron chi connectivity index (χ1n) is 7.45. The standard InChI is InChI=1S/C15H22N4O4/c1-15(2,3)22-13(20)17-23-14(21)19-10-8-18(9-11-19)12-4-6-16-7-5-12/h4-7H,8-11H2,1-3H3,(H,17,20). The van der Waals surface area contributed by atoms with E-state index in [1.807, 2.05) is 17.6 Å². The van der Waals surface area contributed by atoms with E-state index >= 15 is 0 Å². The van der Waals surface area contributed by atoms with Crippen LogP contribution in [0.4, 0.5) is 15.3 Å². The number of hydroxylamine groups is 1. The van der Waals surface area contributed by atoms with Crippen molar-refractivity contribution in [2.45, 2.75) is 26.4 Å². The lowest BCUT2D eigenvalue weighted by Crippen LogP contribution is -2.50. The Morgan fingerprint density at radius 2 is 1.74 bits per heavy atom. The summed E-state index contributed by atoms with van der Waals surface area (Å²) in [5.74, 6) is 0. The predicted molar refractivity (Wildman–Crippen MR) is 83.9 cm³/mol. The van der Waals surface area contributed by atoms with Gasteiger partial charge in [-0.2, -0.15) is 0 Å². The van der Waals surface area contributed by atoms with Crippen molar-refractivity contribution in [1.29, 1.82) is 0 Å². The zero-order chi connectivity index (χ0) is 16.9. The lowest BCUT2D eigenvalue weighted by atomic mass is 10.2. The van der Waals surface area contributed by atoms with E-state index in [1.165, 1.54) is 4.90 Å². The Morgan fingerprint density at radius 3 is 2.30 bits per heavy atom. The molecule has 0 spiro atoms. The number of hydrogen-bond acceptors (Lipinski definition) is 6. The fourth-order valence-electron chi connectivity index (χ4n) is 2.15. The average Bonchev–Trinajstić information content (AvgIpc) is 2.52. The van der Waals surface area contributed by atoms with E-state index < -0.39 is 17.8 Å². The molecule has 1 aliphatic rings. The first-order valence-corrected chi connectivity index (χ1v) is 7.45. The van der Waals surface area contributed by atoms with Crippen LogP contribution in [0.2, 0.25) is 0 Å². The van der Waals surface area contributed by atoms with E-state index in [-0.39, 0.29) is 0 Å². The van der Waals surface area contributed by atoms with Gasteiger partial charge >= 0.3 is 12.2 Å². The summed E-state index contributed by atoms with van der Waals surface area (Å²) in [6.45, 7) is 7.58. The summed E-state index contributed by atoms with van der Waals surface area (Å²) in [4.78, 5) is 35.8. The third kappa shape index (κ3) is 5.32. The summed E-state index contributed by atoms with van der Waals surface area (Å²) < 4.78 is 4.99. The number of ether oxygens (including phenoxy) is 1. The van der Waals surface area contributed by atoms with Crippen LogP contribution in [0.5, 0.6) is 0 Å². The molecule has 0 atom stereocenters. The fraction of sp³-hybridized carbons (Fsp3) is 0.533. The van der Waals surface area contributed by atoms with Crippen molar-refractivity contribution in [3.8, 4) is 0 Å². The van der Waals surface area contributed by atoms with Crippen LogP contribution in [0.15, 0.2) is 24.5 Å². The summed E-state index contributed by atoms with van der Waals surface area (Å²) >= 11 is 0. The Morgan fingerprint density at radius 1 is 1.13 bits per heavy atom. The average molecular weight is 322 g/mol. The number of nitrogens with zero attached hydrogens (tertiary/aromatic N) is 3. The molecular weight excluding hydrogens is 300 g/mol. The largest absolute Gasteiger partial charge is 0.442 e. The number of carbonyl (C=O) groups excluding carboxylic acids is 2. The summed E-state index contributed by atoms with van der Waals surface area (Å²) in [5.41, 5.74) is 2.43. The Labute approximate surface area is 135 Å². The van der Waals surface area contributed by atoms with E-state index in [2.05, 4.69) is 9.88 Å². The molecule has 0 saturated carbocycles. The maximum absolute atomic E-state index is 11.9. The molecule has 0 bridgehead atoms. The van der Waals surface area contributed by atoms with Crippen molar-refractivity contribution in [1.82, 2.24) is 15.4 Å². The molecule has 8 heteroatoms. The molecule has 0 radical (unpaired) electrons. The zero-order valence-electron chi connectivity index (χ0n) is 13.6. The molecule has 2 amide bonds. The molecule has 0 unspecified atom stereocenters. The second-order valence-electron chi connectivity index (χ2n) is 6.15. The number of piperazine rings is 1. The molecule has 0 aliphatic carbocycles. The monoisotopic (exact) mass is 322 g/mol. The molecule has 1 saturated heterocycles. The van der Waals surface area contributed by atoms with Crippen molar-refractivity contribution in [2.75, 3.05) is 31.1 Å². The highest BCUT2D eigenvalue weighted by Gasteiger charge is 2.24. The highest BCUT2D eigenvalue weighted by atomic mass is 16.7. The van der Waals surface area contributed by atoms with E-state index in [0.717, 1.165) is 5.69 Å². The van der Waals surface area contributed by atoms with Crippen molar-refractivity contribution in [3.63, 3.8) is 0 Å². The second kappa shape index (κ2) is 7.17. The molecule has 1 fully saturated rings. The van der Waals surface area contributed by atoms with Gasteiger partial charge in [-0.15, -0.1) is 5.48 Å². The molecule has 2 heterocycles. The van der Waals surface area contributed by atoms with E-state index in [4.69, 9.17) is 9.57 Å². The lowest BCUT2D eigenvalue weighted by Gasteiger charge is -2.35. The van der Waals surface area contributed by atoms with Crippen LogP contribution < -0.4 is 10.4 Å². The van der Waals surface area contributed by atoms with Gasteiger partial charge in [-0.3, -0.25) is 4.98 Å². The SMILES string of the molecule is CC(C)(C)OC(=O)NOC(=O)N1CCN(c2ccncc2)CC1. The number of nitrogens with one attached hydrogen (secondary N) is 1. The number of hydrogen-bond donors (Lipinski definition) is 1. The number of pyridine rings is 1. The Balaban J connectivity index is 1.74. The van der Waals surface area contributed by atoms with Crippen LogP contribution in [0.1, 0.15) is 20.8 Å². The summed E-state index contributed by atoms with van der Waals surface area (Å²) in [5, 5.41) is 0. The van der Waals surface area contributed by atoms with Crippen LogP contribution in [0.3, 0.4) is 0 Å². The topological polar surface area (TPSA) is 84.0 Å². The maximum atomic E-state index is 11.9. The Bertz CT molecular complexity index is 536. The number of aromatic nitrogens is 1. The van der Waals surface area contributed by atoms with Crippen LogP contribution in [0, 0.1) is 0 Å². The first kappa shape index (κ1) is 16.9. The molecule has 1 aliphatic heterocycles. The van der Waals surface area contributed by atoms with Gasteiger partial charge in [0.25, 0.3) is 0 Å². The molecular formula is C15H22N4O4. The minimum absolute atomic E-state index is 0.511. The van der Waals surface area contributed by atoms with Crippen LogP contribution in [0.25, 0.3) is 0 Å². The summed E-state index contributed by atoms with van der Waals surface area (Å²) in [7, 11) is 0. The molecule has 1 aromatic heterocycles. The van der Waals surface area contributed by atoms with Crippen LogP contribution in [-0.2, 0) is 9.57 Å². The molecule has 126 valence electrons. The third-order valence-corrected chi connectivity index (χ3v) is 3.19. The molecule has 23 heavy (non-hydrogen) atoms. The van der Waals surface area contributed by atoms with Crippen molar-refractivity contribution in [2.24, 2.45) is 0 Å². The molecule has 8 nitrogen and oxygen atoms in total. The normalized spacial score (nSPS) is 15.1. The van der Waals surface area contributed by atoms with Gasteiger partial charge in [0, 0.05) is 44.3 Å². The molecule has 1 aromatic rings. The van der Waals surface area contributed by atoms with Crippen molar-refractivity contribution >= 4 is 17.9 Å². The first-order chi connectivity index (χ1) is 10.8. The minimum atomic E-state index is -0.790. The second-order valence-corrected chi connectivity index (χ2v) is 6.15. The quantitative estimate of drug-likeness (QED) is 0.794. The molecule has 1 N–H and O–H groups in total. The molecule has 0 aromatic carbocycles. The highest BCUT2D eigenvalue weighted by Crippen LogP contribution is 2.15. The minimum Gasteiger partial charge on any atom is -0.442 e. The number of rotatable bonds is 1. The summed E-state index contributed by atoms with van der Waals surface area (Å²) in [6, 6.07) is 3.86. The maximum Gasteiger partial charge on any atom is 0.441 e. The van der Waals surface area contributed by atoms with Gasteiger partial charge in [0.2, 0.25) is 0 Å². The van der Waals surface area contributed by atoms with Gasteiger partial charge in [0.05, 0.1) is 0 Å². The Hall–Kier alpha value is -2.51. The predicted octanol–water partition coefficient (Wildman–Crippen LogP) is 1.78. The third-order valence-electron chi connectivity index (χ3n) is 3.19. The van der Waals surface area contributed by atoms with Crippen LogP contribution in [-0.4, -0.2) is 53.9 Å². The van der Waals surface area contributed by atoms with Gasteiger partial charge in [-0.05, 0) is 32.9 Å². The lowest BCUT2D eigenvalue weighted by molar-refractivity contribution is 0.00551. The van der Waals surface area contributed by atoms with Crippen molar-refractivity contribution < 1.29 is 19.2 Å². The smallest absolute Gasteiger partial charge is 0.441 e.